The quantitative estimate of drug-likeness (QED) is 0.297. The second kappa shape index (κ2) is 10.6. The molecule has 0 saturated heterocycles. The molecule has 8 nitrogen and oxygen atoms in total. The Morgan fingerprint density at radius 1 is 1.32 bits per heavy atom. The maximum atomic E-state index is 13.2. The maximum absolute atomic E-state index is 13.2. The van der Waals surface area contributed by atoms with Crippen LogP contribution in [0.3, 0.4) is 0 Å². The number of amides is 1. The molecule has 0 fully saturated rings. The zero-order valence-electron chi connectivity index (χ0n) is 22.7. The summed E-state index contributed by atoms with van der Waals surface area (Å²) >= 11 is 6.21. The molecule has 2 aromatic rings. The van der Waals surface area contributed by atoms with Crippen LogP contribution >= 0.6 is 11.6 Å². The fourth-order valence-electron chi connectivity index (χ4n) is 4.38. The van der Waals surface area contributed by atoms with Gasteiger partial charge in [0, 0.05) is 10.6 Å². The summed E-state index contributed by atoms with van der Waals surface area (Å²) in [5.41, 5.74) is 7.58. The Hall–Kier alpha value is -3.65. The first-order valence-corrected chi connectivity index (χ1v) is 12.8. The van der Waals surface area contributed by atoms with Crippen molar-refractivity contribution in [1.82, 2.24) is 9.97 Å². The van der Waals surface area contributed by atoms with E-state index in [0.29, 0.717) is 22.6 Å². The molecule has 1 aliphatic heterocycles. The number of carbonyl (C=O) groups is 2. The van der Waals surface area contributed by atoms with Crippen molar-refractivity contribution in [3.05, 3.63) is 76.5 Å². The number of rotatable bonds is 10. The molecule has 0 bridgehead atoms. The lowest BCUT2D eigenvalue weighted by atomic mass is 9.82. The largest absolute Gasteiger partial charge is 0.481 e. The predicted octanol–water partition coefficient (Wildman–Crippen LogP) is 6.43. The fourth-order valence-corrected chi connectivity index (χ4v) is 4.56. The van der Waals surface area contributed by atoms with E-state index in [1.165, 1.54) is 6.26 Å². The first kappa shape index (κ1) is 28.9. The monoisotopic (exact) mass is 538 g/mol. The Bertz CT molecular complexity index is 1360. The van der Waals surface area contributed by atoms with E-state index in [0.717, 1.165) is 16.7 Å². The minimum absolute atomic E-state index is 0.100. The van der Waals surface area contributed by atoms with Gasteiger partial charge in [-0.1, -0.05) is 51.6 Å². The second-order valence-corrected chi connectivity index (χ2v) is 11.1. The van der Waals surface area contributed by atoms with Crippen molar-refractivity contribution in [2.24, 2.45) is 5.41 Å². The van der Waals surface area contributed by atoms with E-state index >= 15 is 0 Å². The van der Waals surface area contributed by atoms with E-state index in [1.807, 2.05) is 19.1 Å². The molecule has 0 radical (unpaired) electrons. The van der Waals surface area contributed by atoms with Gasteiger partial charge in [-0.25, -0.2) is 9.97 Å². The minimum atomic E-state index is -1.36. The van der Waals surface area contributed by atoms with Gasteiger partial charge in [0.2, 0.25) is 5.91 Å². The van der Waals surface area contributed by atoms with E-state index in [9.17, 15) is 14.7 Å². The summed E-state index contributed by atoms with van der Waals surface area (Å²) in [6.45, 7) is 19.1. The fraction of sp³-hybridized carbons (Fsp3) is 0.379. The highest BCUT2D eigenvalue weighted by molar-refractivity contribution is 6.30. The number of nitrogen functional groups attached to an aromatic ring is 1. The summed E-state index contributed by atoms with van der Waals surface area (Å²) in [5.74, 6) is -0.375. The van der Waals surface area contributed by atoms with Crippen molar-refractivity contribution < 1.29 is 19.4 Å². The molecule has 1 aromatic carbocycles. The number of aromatic nitrogens is 2. The van der Waals surface area contributed by atoms with Gasteiger partial charge >= 0.3 is 5.97 Å². The first-order chi connectivity index (χ1) is 17.6. The van der Waals surface area contributed by atoms with Gasteiger partial charge in [-0.05, 0) is 68.4 Å². The smallest absolute Gasteiger partial charge is 0.309 e. The molecular weight excluding hydrogens is 504 g/mol. The molecule has 1 amide bonds. The summed E-state index contributed by atoms with van der Waals surface area (Å²) in [5, 5.41) is 12.9. The lowest BCUT2D eigenvalue weighted by Crippen LogP contribution is -2.34. The van der Waals surface area contributed by atoms with Gasteiger partial charge in [0.05, 0.1) is 17.2 Å². The van der Waals surface area contributed by atoms with Crippen molar-refractivity contribution in [2.45, 2.75) is 65.7 Å². The van der Waals surface area contributed by atoms with Crippen molar-refractivity contribution in [1.29, 1.82) is 0 Å². The molecule has 4 N–H and O–H groups in total. The lowest BCUT2D eigenvalue weighted by Gasteiger charge is -2.25. The number of nitrogens with zero attached hydrogens (tertiary/aromatic N) is 2. The summed E-state index contributed by atoms with van der Waals surface area (Å²) < 4.78 is 5.84. The summed E-state index contributed by atoms with van der Waals surface area (Å²) in [7, 11) is 0. The van der Waals surface area contributed by atoms with Gasteiger partial charge in [0.25, 0.3) is 0 Å². The number of carboxylic acid groups (broad SMARTS) is 1. The van der Waals surface area contributed by atoms with Gasteiger partial charge in [0.15, 0.2) is 5.82 Å². The molecule has 1 aromatic heterocycles. The van der Waals surface area contributed by atoms with Crippen LogP contribution in [0.5, 0.6) is 0 Å². The Morgan fingerprint density at radius 3 is 2.55 bits per heavy atom. The third-order valence-corrected chi connectivity index (χ3v) is 7.22. The average Bonchev–Trinajstić information content (AvgIpc) is 3.11. The van der Waals surface area contributed by atoms with Gasteiger partial charge in [0.1, 0.15) is 22.8 Å². The van der Waals surface area contributed by atoms with Crippen LogP contribution in [0.25, 0.3) is 5.57 Å². The first-order valence-electron chi connectivity index (χ1n) is 12.4. The molecule has 2 heterocycles. The van der Waals surface area contributed by atoms with Crippen LogP contribution in [-0.4, -0.2) is 27.0 Å². The molecule has 3 rings (SSSR count). The molecule has 0 saturated carbocycles. The number of carboxylic acids is 1. The van der Waals surface area contributed by atoms with Crippen LogP contribution in [-0.2, 0) is 19.7 Å². The number of hydrogen-bond acceptors (Lipinski definition) is 6. The summed E-state index contributed by atoms with van der Waals surface area (Å²) in [4.78, 5) is 33.8. The average molecular weight is 539 g/mol. The summed E-state index contributed by atoms with van der Waals surface area (Å²) in [6, 6.07) is 5.54. The van der Waals surface area contributed by atoms with E-state index in [2.05, 4.69) is 42.3 Å². The van der Waals surface area contributed by atoms with E-state index in [4.69, 9.17) is 22.1 Å². The molecular formula is C29H35ClN4O4. The van der Waals surface area contributed by atoms with Gasteiger partial charge in [-0.3, -0.25) is 9.59 Å². The number of allylic oxidation sites excluding steroid dienone is 1. The predicted molar refractivity (Wildman–Crippen MR) is 151 cm³/mol. The number of aliphatic carboxylic acids is 1. The number of nitrogens with one attached hydrogen (secondary N) is 1. The Labute approximate surface area is 228 Å². The molecule has 38 heavy (non-hydrogen) atoms. The third kappa shape index (κ3) is 5.31. The third-order valence-electron chi connectivity index (χ3n) is 6.98. The van der Waals surface area contributed by atoms with Crippen LogP contribution in [0.4, 0.5) is 11.6 Å². The van der Waals surface area contributed by atoms with Gasteiger partial charge in [-0.2, -0.15) is 0 Å². The van der Waals surface area contributed by atoms with Crippen molar-refractivity contribution in [3.63, 3.8) is 0 Å². The van der Waals surface area contributed by atoms with E-state index in [1.54, 1.807) is 26.8 Å². The number of halogens is 1. The Kier molecular flexibility index (Phi) is 8.07. The highest BCUT2D eigenvalue weighted by Gasteiger charge is 2.50. The highest BCUT2D eigenvalue weighted by Crippen LogP contribution is 2.45. The second-order valence-electron chi connectivity index (χ2n) is 10.6. The zero-order valence-corrected chi connectivity index (χ0v) is 23.5. The maximum Gasteiger partial charge on any atom is 0.309 e. The number of benzene rings is 1. The lowest BCUT2D eigenvalue weighted by molar-refractivity contribution is -0.146. The molecule has 1 atom stereocenters. The topological polar surface area (TPSA) is 127 Å². The number of fused-ring (bicyclic) bond motifs is 1. The van der Waals surface area contributed by atoms with Crippen LogP contribution in [0.2, 0.25) is 5.02 Å². The van der Waals surface area contributed by atoms with Gasteiger partial charge in [-0.15, -0.1) is 0 Å². The van der Waals surface area contributed by atoms with Crippen LogP contribution in [0, 0.1) is 5.41 Å². The van der Waals surface area contributed by atoms with Crippen molar-refractivity contribution in [3.8, 4) is 0 Å². The normalized spacial score (nSPS) is 17.3. The molecule has 0 spiro atoms. The zero-order chi connectivity index (χ0) is 28.6. The molecule has 1 unspecified atom stereocenters. The van der Waals surface area contributed by atoms with Crippen molar-refractivity contribution >= 4 is 40.7 Å². The highest BCUT2D eigenvalue weighted by atomic mass is 35.5. The number of anilines is 2. The number of carbonyl (C=O) groups excluding carboxylic acids is 1. The van der Waals surface area contributed by atoms with Crippen LogP contribution < -0.4 is 11.1 Å². The minimum Gasteiger partial charge on any atom is -0.481 e. The molecule has 9 heteroatoms. The molecule has 1 aliphatic rings. The van der Waals surface area contributed by atoms with Crippen LogP contribution in [0.15, 0.2) is 49.0 Å². The van der Waals surface area contributed by atoms with Crippen molar-refractivity contribution in [2.75, 3.05) is 11.1 Å². The standard InChI is InChI=1S/C29H35ClN4O4/c1-9-18(13-28(6,7)27(36)37)14-38-17(5)29(8)22-23(31)32-24(33-25(22)34-26(29)35)16(4)20-11-10-19(30)12-21(20)15(2)3/h10-12,14-15H,4-5,9,13H2,1-3,6-8H3,(H,36,37)(H3,31,32,33,34,35)/b18-14+. The molecule has 0 aliphatic carbocycles. The van der Waals surface area contributed by atoms with E-state index < -0.39 is 22.7 Å². The summed E-state index contributed by atoms with van der Waals surface area (Å²) in [6.07, 6.45) is 2.32. The number of ether oxygens (including phenoxy) is 1. The Balaban J connectivity index is 1.96. The van der Waals surface area contributed by atoms with E-state index in [-0.39, 0.29) is 35.6 Å². The SMILES string of the molecule is C=C(c1nc(N)c2c(n1)NC(=O)C2(C)C(=C)O/C=C(\CC)CC(C)(C)C(=O)O)c1ccc(Cl)cc1C(C)C. The number of nitrogens with two attached hydrogens (primary N) is 1. The molecule has 202 valence electrons. The number of hydrogen-bond donors (Lipinski definition) is 3. The van der Waals surface area contributed by atoms with Gasteiger partial charge < -0.3 is 20.9 Å². The van der Waals surface area contributed by atoms with Crippen LogP contribution in [0.1, 0.15) is 82.8 Å². The Morgan fingerprint density at radius 2 is 1.97 bits per heavy atom.